The van der Waals surface area contributed by atoms with Crippen LogP contribution in [0.3, 0.4) is 0 Å². The fourth-order valence-electron chi connectivity index (χ4n) is 1.55. The van der Waals surface area contributed by atoms with Gasteiger partial charge in [-0.2, -0.15) is 0 Å². The Bertz CT molecular complexity index is 293. The van der Waals surface area contributed by atoms with Crippen molar-refractivity contribution >= 4 is 11.6 Å². The van der Waals surface area contributed by atoms with Crippen LogP contribution in [0.2, 0.25) is 0 Å². The summed E-state index contributed by atoms with van der Waals surface area (Å²) in [6.07, 6.45) is 6.35. The van der Waals surface area contributed by atoms with Crippen LogP contribution in [-0.4, -0.2) is 5.88 Å². The topological polar surface area (TPSA) is 0 Å². The molecule has 14 heavy (non-hydrogen) atoms. The van der Waals surface area contributed by atoms with Gasteiger partial charge < -0.3 is 0 Å². The zero-order valence-electron chi connectivity index (χ0n) is 8.89. The number of allylic oxidation sites excluding steroid dienone is 2. The van der Waals surface area contributed by atoms with E-state index >= 15 is 0 Å². The largest absolute Gasteiger partial charge is 0.126 e. The van der Waals surface area contributed by atoms with E-state index in [1.54, 1.807) is 0 Å². The summed E-state index contributed by atoms with van der Waals surface area (Å²) in [4.78, 5) is 0. The van der Waals surface area contributed by atoms with Gasteiger partial charge in [0.25, 0.3) is 0 Å². The lowest BCUT2D eigenvalue weighted by Crippen LogP contribution is -1.90. The van der Waals surface area contributed by atoms with Crippen LogP contribution in [0.4, 0.5) is 0 Å². The minimum Gasteiger partial charge on any atom is -0.126 e. The van der Waals surface area contributed by atoms with E-state index in [0.29, 0.717) is 5.88 Å². The molecule has 0 heterocycles. The number of alkyl halides is 1. The molecule has 1 aromatic rings. The Morgan fingerprint density at radius 3 is 2.36 bits per heavy atom. The zero-order chi connectivity index (χ0) is 10.4. The highest BCUT2D eigenvalue weighted by atomic mass is 35.5. The van der Waals surface area contributed by atoms with E-state index in [1.165, 1.54) is 16.7 Å². The second-order valence-corrected chi connectivity index (χ2v) is 3.90. The molecule has 1 rings (SSSR count). The second-order valence-electron chi connectivity index (χ2n) is 3.52. The lowest BCUT2D eigenvalue weighted by atomic mass is 10.00. The fourth-order valence-corrected chi connectivity index (χ4v) is 1.68. The minimum absolute atomic E-state index is 0.712. The molecule has 0 aromatic heterocycles. The van der Waals surface area contributed by atoms with Gasteiger partial charge >= 0.3 is 0 Å². The van der Waals surface area contributed by atoms with Crippen molar-refractivity contribution in [3.63, 3.8) is 0 Å². The number of rotatable bonds is 4. The number of hydrogen-bond acceptors (Lipinski definition) is 0. The van der Waals surface area contributed by atoms with Crippen LogP contribution in [0.1, 0.15) is 23.1 Å². The van der Waals surface area contributed by atoms with Crippen LogP contribution in [0, 0.1) is 13.8 Å². The lowest BCUT2D eigenvalue weighted by Gasteiger charge is -2.06. The van der Waals surface area contributed by atoms with Crippen molar-refractivity contribution in [2.75, 3.05) is 5.88 Å². The first-order valence-corrected chi connectivity index (χ1v) is 5.55. The van der Waals surface area contributed by atoms with E-state index in [-0.39, 0.29) is 0 Å². The molecule has 0 saturated heterocycles. The molecule has 0 bridgehead atoms. The summed E-state index contributed by atoms with van der Waals surface area (Å²) in [6, 6.07) is 6.44. The first-order valence-electron chi connectivity index (χ1n) is 5.01. The van der Waals surface area contributed by atoms with Crippen molar-refractivity contribution in [3.8, 4) is 0 Å². The van der Waals surface area contributed by atoms with Crippen LogP contribution in [0.5, 0.6) is 0 Å². The molecule has 0 unspecified atom stereocenters. The summed E-state index contributed by atoms with van der Waals surface area (Å²) >= 11 is 5.59. The third-order valence-electron chi connectivity index (χ3n) is 2.41. The molecular weight excluding hydrogens is 192 g/mol. The van der Waals surface area contributed by atoms with Gasteiger partial charge in [0.2, 0.25) is 0 Å². The molecule has 0 radical (unpaired) electrons. The van der Waals surface area contributed by atoms with Crippen molar-refractivity contribution < 1.29 is 0 Å². The third kappa shape index (κ3) is 3.19. The highest BCUT2D eigenvalue weighted by Gasteiger charge is 1.98. The van der Waals surface area contributed by atoms with Gasteiger partial charge in [0.05, 0.1) is 0 Å². The zero-order valence-corrected chi connectivity index (χ0v) is 9.64. The fraction of sp³-hybridized carbons (Fsp3) is 0.385. The molecule has 0 N–H and O–H groups in total. The van der Waals surface area contributed by atoms with Crippen LogP contribution >= 0.6 is 11.6 Å². The van der Waals surface area contributed by atoms with Crippen LogP contribution in [-0.2, 0) is 6.42 Å². The van der Waals surface area contributed by atoms with E-state index in [0.717, 1.165) is 12.8 Å². The van der Waals surface area contributed by atoms with Gasteiger partial charge in [0.1, 0.15) is 0 Å². The summed E-state index contributed by atoms with van der Waals surface area (Å²) in [7, 11) is 0. The maximum absolute atomic E-state index is 5.59. The second kappa shape index (κ2) is 5.87. The lowest BCUT2D eigenvalue weighted by molar-refractivity contribution is 1.14. The Hall–Kier alpha value is -0.750. The van der Waals surface area contributed by atoms with Gasteiger partial charge in [-0.15, -0.1) is 11.6 Å². The molecule has 0 atom stereocenters. The smallest absolute Gasteiger partial charge is 0.0258 e. The van der Waals surface area contributed by atoms with E-state index < -0.39 is 0 Å². The summed E-state index contributed by atoms with van der Waals surface area (Å²) in [5.74, 6) is 0.712. The van der Waals surface area contributed by atoms with E-state index in [9.17, 15) is 0 Å². The average Bonchev–Trinajstić information content (AvgIpc) is 2.16. The number of aryl methyl sites for hydroxylation is 2. The van der Waals surface area contributed by atoms with Gasteiger partial charge in [0, 0.05) is 5.88 Å². The molecule has 0 aliphatic heterocycles. The summed E-state index contributed by atoms with van der Waals surface area (Å²) < 4.78 is 0. The maximum atomic E-state index is 5.59. The van der Waals surface area contributed by atoms with E-state index in [4.69, 9.17) is 11.6 Å². The standard InChI is InChI=1S/C13H17Cl/c1-11-7-6-8-12(2)13(11)9-4-3-5-10-14/h3-4,6-8H,5,9-10H2,1-2H3/b4-3+. The Kier molecular flexibility index (Phi) is 4.75. The van der Waals surface area contributed by atoms with E-state index in [2.05, 4.69) is 44.2 Å². The average molecular weight is 209 g/mol. The molecule has 1 aromatic carbocycles. The quantitative estimate of drug-likeness (QED) is 0.518. The highest BCUT2D eigenvalue weighted by molar-refractivity contribution is 6.17. The van der Waals surface area contributed by atoms with Gasteiger partial charge in [-0.05, 0) is 43.4 Å². The van der Waals surface area contributed by atoms with Crippen molar-refractivity contribution in [1.29, 1.82) is 0 Å². The monoisotopic (exact) mass is 208 g/mol. The van der Waals surface area contributed by atoms with Gasteiger partial charge in [-0.1, -0.05) is 30.4 Å². The molecule has 0 nitrogen and oxygen atoms in total. The molecule has 1 heteroatoms. The molecule has 0 aliphatic carbocycles. The molecular formula is C13H17Cl. The Morgan fingerprint density at radius 1 is 1.14 bits per heavy atom. The third-order valence-corrected chi connectivity index (χ3v) is 2.63. The van der Waals surface area contributed by atoms with Gasteiger partial charge in [-0.3, -0.25) is 0 Å². The number of halogens is 1. The summed E-state index contributed by atoms with van der Waals surface area (Å²) in [5, 5.41) is 0. The molecule has 0 spiro atoms. The van der Waals surface area contributed by atoms with Crippen LogP contribution < -0.4 is 0 Å². The summed E-state index contributed by atoms with van der Waals surface area (Å²) in [5.41, 5.74) is 4.19. The van der Waals surface area contributed by atoms with Crippen LogP contribution in [0.15, 0.2) is 30.4 Å². The molecule has 0 saturated carbocycles. The first kappa shape index (κ1) is 11.3. The van der Waals surface area contributed by atoms with Crippen molar-refractivity contribution in [1.82, 2.24) is 0 Å². The molecule has 0 amide bonds. The number of hydrogen-bond donors (Lipinski definition) is 0. The predicted molar refractivity (Wildman–Crippen MR) is 64.1 cm³/mol. The maximum Gasteiger partial charge on any atom is 0.0258 e. The number of benzene rings is 1. The first-order chi connectivity index (χ1) is 6.75. The molecule has 0 fully saturated rings. The van der Waals surface area contributed by atoms with Crippen LogP contribution in [0.25, 0.3) is 0 Å². The molecule has 76 valence electrons. The van der Waals surface area contributed by atoms with Crippen molar-refractivity contribution in [2.45, 2.75) is 26.7 Å². The summed E-state index contributed by atoms with van der Waals surface area (Å²) in [6.45, 7) is 4.33. The van der Waals surface area contributed by atoms with Gasteiger partial charge in [-0.25, -0.2) is 0 Å². The Morgan fingerprint density at radius 2 is 1.79 bits per heavy atom. The Labute approximate surface area is 91.6 Å². The van der Waals surface area contributed by atoms with Crippen molar-refractivity contribution in [3.05, 3.63) is 47.0 Å². The Balaban J connectivity index is 2.66. The van der Waals surface area contributed by atoms with Crippen molar-refractivity contribution in [2.24, 2.45) is 0 Å². The van der Waals surface area contributed by atoms with E-state index in [1.807, 2.05) is 0 Å². The highest BCUT2D eigenvalue weighted by Crippen LogP contribution is 2.14. The van der Waals surface area contributed by atoms with Gasteiger partial charge in [0.15, 0.2) is 0 Å². The SMILES string of the molecule is Cc1cccc(C)c1C/C=C/CCCl. The normalized spacial score (nSPS) is 11.1. The molecule has 0 aliphatic rings. The minimum atomic E-state index is 0.712. The predicted octanol–water partition coefficient (Wildman–Crippen LogP) is 4.03.